The molecule has 5 heteroatoms. The summed E-state index contributed by atoms with van der Waals surface area (Å²) in [5, 5.41) is 17.6. The maximum absolute atomic E-state index is 10.9. The Morgan fingerprint density at radius 2 is 1.89 bits per heavy atom. The zero-order valence-electron chi connectivity index (χ0n) is 9.29. The molecule has 0 amide bonds. The molecule has 18 heavy (non-hydrogen) atoms. The molecule has 0 aliphatic heterocycles. The number of carboxylic acid groups (broad SMARTS) is 2. The number of hydrogen-bond acceptors (Lipinski definition) is 3. The van der Waals surface area contributed by atoms with E-state index >= 15 is 0 Å². The van der Waals surface area contributed by atoms with Crippen molar-refractivity contribution in [1.29, 1.82) is 0 Å². The second-order valence-corrected chi connectivity index (χ2v) is 4.89. The Bertz CT molecular complexity index is 601. The molecule has 0 fully saturated rings. The predicted molar refractivity (Wildman–Crippen MR) is 68.1 cm³/mol. The highest BCUT2D eigenvalue weighted by molar-refractivity contribution is 7.15. The van der Waals surface area contributed by atoms with Crippen molar-refractivity contribution < 1.29 is 19.8 Å². The van der Waals surface area contributed by atoms with Crippen LogP contribution in [0.15, 0.2) is 36.4 Å². The number of carbonyl (C=O) groups is 2. The molecular weight excluding hydrogens is 252 g/mol. The van der Waals surface area contributed by atoms with Crippen LogP contribution in [0.1, 0.15) is 15.2 Å². The molecule has 0 radical (unpaired) electrons. The van der Waals surface area contributed by atoms with Crippen LogP contribution in [0.4, 0.5) is 0 Å². The largest absolute Gasteiger partial charge is 0.481 e. The molecular formula is C13H10O4S. The Morgan fingerprint density at radius 1 is 1.11 bits per heavy atom. The Kier molecular flexibility index (Phi) is 3.43. The lowest BCUT2D eigenvalue weighted by atomic mass is 10.1. The number of hydrogen-bond donors (Lipinski definition) is 2. The van der Waals surface area contributed by atoms with Crippen molar-refractivity contribution in [2.24, 2.45) is 0 Å². The van der Waals surface area contributed by atoms with Gasteiger partial charge in [0, 0.05) is 9.75 Å². The molecule has 0 aliphatic carbocycles. The lowest BCUT2D eigenvalue weighted by molar-refractivity contribution is -0.136. The van der Waals surface area contributed by atoms with Gasteiger partial charge < -0.3 is 10.2 Å². The van der Waals surface area contributed by atoms with Crippen molar-refractivity contribution in [2.75, 3.05) is 0 Å². The van der Waals surface area contributed by atoms with E-state index in [4.69, 9.17) is 10.2 Å². The first-order chi connectivity index (χ1) is 8.56. The predicted octanol–water partition coefficient (Wildman–Crippen LogP) is 2.74. The van der Waals surface area contributed by atoms with Crippen LogP contribution in [0.3, 0.4) is 0 Å². The van der Waals surface area contributed by atoms with Gasteiger partial charge in [-0.3, -0.25) is 4.79 Å². The van der Waals surface area contributed by atoms with E-state index in [1.54, 1.807) is 18.2 Å². The minimum atomic E-state index is -0.973. The van der Waals surface area contributed by atoms with Crippen LogP contribution in [-0.4, -0.2) is 22.2 Å². The summed E-state index contributed by atoms with van der Waals surface area (Å²) in [5.74, 6) is -1.85. The third kappa shape index (κ3) is 2.75. The van der Waals surface area contributed by atoms with Gasteiger partial charge in [0.05, 0.1) is 12.0 Å². The SMILES string of the molecule is O=C(O)Cc1ccc(-c2cccc(C(=O)O)c2)s1. The third-order valence-electron chi connectivity index (χ3n) is 2.38. The smallest absolute Gasteiger partial charge is 0.335 e. The Balaban J connectivity index is 2.31. The van der Waals surface area contributed by atoms with Crippen LogP contribution in [0.5, 0.6) is 0 Å². The van der Waals surface area contributed by atoms with Crippen LogP contribution in [0.2, 0.25) is 0 Å². The first kappa shape index (κ1) is 12.3. The molecule has 0 unspecified atom stereocenters. The first-order valence-corrected chi connectivity index (χ1v) is 6.02. The van der Waals surface area contributed by atoms with E-state index in [0.717, 1.165) is 15.3 Å². The van der Waals surface area contributed by atoms with E-state index in [2.05, 4.69) is 0 Å². The molecule has 1 aromatic heterocycles. The van der Waals surface area contributed by atoms with E-state index in [1.807, 2.05) is 12.1 Å². The van der Waals surface area contributed by atoms with Gasteiger partial charge in [-0.15, -0.1) is 11.3 Å². The van der Waals surface area contributed by atoms with E-state index in [9.17, 15) is 9.59 Å². The maximum Gasteiger partial charge on any atom is 0.335 e. The number of rotatable bonds is 4. The summed E-state index contributed by atoms with van der Waals surface area (Å²) in [5.41, 5.74) is 1.01. The van der Waals surface area contributed by atoms with Gasteiger partial charge in [0.25, 0.3) is 0 Å². The van der Waals surface area contributed by atoms with Gasteiger partial charge in [0.15, 0.2) is 0 Å². The quantitative estimate of drug-likeness (QED) is 0.888. The number of aromatic carboxylic acids is 1. The molecule has 4 nitrogen and oxygen atoms in total. The standard InChI is InChI=1S/C13H10O4S/c14-12(15)7-10-4-5-11(18-10)8-2-1-3-9(6-8)13(16)17/h1-6H,7H2,(H,14,15)(H,16,17). The number of thiophene rings is 1. The highest BCUT2D eigenvalue weighted by atomic mass is 32.1. The molecule has 2 rings (SSSR count). The molecule has 0 saturated carbocycles. The fraction of sp³-hybridized carbons (Fsp3) is 0.0769. The average Bonchev–Trinajstić information content (AvgIpc) is 2.77. The van der Waals surface area contributed by atoms with Gasteiger partial charge in [-0.1, -0.05) is 12.1 Å². The highest BCUT2D eigenvalue weighted by Gasteiger charge is 2.08. The Morgan fingerprint density at radius 3 is 2.56 bits per heavy atom. The van der Waals surface area contributed by atoms with Crippen molar-refractivity contribution >= 4 is 23.3 Å². The van der Waals surface area contributed by atoms with E-state index < -0.39 is 11.9 Å². The third-order valence-corrected chi connectivity index (χ3v) is 3.52. The topological polar surface area (TPSA) is 74.6 Å². The molecule has 0 bridgehead atoms. The van der Waals surface area contributed by atoms with Crippen molar-refractivity contribution in [1.82, 2.24) is 0 Å². The zero-order chi connectivity index (χ0) is 13.1. The number of aliphatic carboxylic acids is 1. The summed E-state index contributed by atoms with van der Waals surface area (Å²) in [6.45, 7) is 0. The number of benzene rings is 1. The van der Waals surface area contributed by atoms with Gasteiger partial charge in [-0.2, -0.15) is 0 Å². The molecule has 0 aliphatic rings. The minimum absolute atomic E-state index is 0.0106. The lowest BCUT2D eigenvalue weighted by Gasteiger charge is -1.99. The summed E-state index contributed by atoms with van der Waals surface area (Å²) in [4.78, 5) is 23.1. The van der Waals surface area contributed by atoms with Gasteiger partial charge in [-0.05, 0) is 29.8 Å². The Labute approximate surface area is 107 Å². The molecule has 92 valence electrons. The van der Waals surface area contributed by atoms with Crippen molar-refractivity contribution in [3.8, 4) is 10.4 Å². The van der Waals surface area contributed by atoms with Crippen LogP contribution < -0.4 is 0 Å². The highest BCUT2D eigenvalue weighted by Crippen LogP contribution is 2.29. The van der Waals surface area contributed by atoms with Gasteiger partial charge in [0.2, 0.25) is 0 Å². The molecule has 2 N–H and O–H groups in total. The Hall–Kier alpha value is -2.14. The van der Waals surface area contributed by atoms with Gasteiger partial charge in [-0.25, -0.2) is 4.79 Å². The second kappa shape index (κ2) is 5.01. The molecule has 1 aromatic carbocycles. The minimum Gasteiger partial charge on any atom is -0.481 e. The monoisotopic (exact) mass is 262 g/mol. The fourth-order valence-electron chi connectivity index (χ4n) is 1.58. The van der Waals surface area contributed by atoms with E-state index in [0.29, 0.717) is 0 Å². The zero-order valence-corrected chi connectivity index (χ0v) is 10.1. The van der Waals surface area contributed by atoms with Crippen molar-refractivity contribution in [3.05, 3.63) is 46.8 Å². The van der Waals surface area contributed by atoms with Gasteiger partial charge in [0.1, 0.15) is 0 Å². The number of carboxylic acids is 2. The normalized spacial score (nSPS) is 10.2. The molecule has 0 atom stereocenters. The van der Waals surface area contributed by atoms with Crippen LogP contribution in [0.25, 0.3) is 10.4 Å². The molecule has 1 heterocycles. The summed E-state index contributed by atoms with van der Waals surface area (Å²) in [6, 6.07) is 10.2. The van der Waals surface area contributed by atoms with Crippen LogP contribution in [-0.2, 0) is 11.2 Å². The second-order valence-electron chi connectivity index (χ2n) is 3.72. The van der Waals surface area contributed by atoms with Crippen molar-refractivity contribution in [3.63, 3.8) is 0 Å². The average molecular weight is 262 g/mol. The molecule has 0 saturated heterocycles. The maximum atomic E-state index is 10.9. The van der Waals surface area contributed by atoms with E-state index in [-0.39, 0.29) is 12.0 Å². The van der Waals surface area contributed by atoms with Crippen LogP contribution >= 0.6 is 11.3 Å². The van der Waals surface area contributed by atoms with Crippen LogP contribution in [0, 0.1) is 0 Å². The van der Waals surface area contributed by atoms with Crippen molar-refractivity contribution in [2.45, 2.75) is 6.42 Å². The van der Waals surface area contributed by atoms with Gasteiger partial charge >= 0.3 is 11.9 Å². The fourth-order valence-corrected chi connectivity index (χ4v) is 2.58. The summed E-state index contributed by atoms with van der Waals surface area (Å²) in [6.07, 6.45) is -0.0106. The molecule has 2 aromatic rings. The summed E-state index contributed by atoms with van der Waals surface area (Å²) < 4.78 is 0. The molecule has 0 spiro atoms. The summed E-state index contributed by atoms with van der Waals surface area (Å²) in [7, 11) is 0. The van der Waals surface area contributed by atoms with E-state index in [1.165, 1.54) is 17.4 Å². The first-order valence-electron chi connectivity index (χ1n) is 5.20. The summed E-state index contributed by atoms with van der Waals surface area (Å²) >= 11 is 1.36. The lowest BCUT2D eigenvalue weighted by Crippen LogP contribution is -1.97.